The minimum Gasteiger partial charge on any atom is -0.336 e. The van der Waals surface area contributed by atoms with Gasteiger partial charge in [0.1, 0.15) is 23.4 Å². The first-order valence-electron chi connectivity index (χ1n) is 8.38. The molecule has 2 heterocycles. The molecule has 1 amide bonds. The standard InChI is InChI=1S/C20H16FN5O/c1-26-11-10-22-19(26)18(13-6-2-3-7-14(13)21)25-20(27)17-12-23-15-8-4-5-9-16(15)24-17/h2-12,18H,1H3,(H,25,27)/t18-/m0/s1. The molecule has 0 bridgehead atoms. The van der Waals surface area contributed by atoms with Crippen LogP contribution in [0.2, 0.25) is 0 Å². The van der Waals surface area contributed by atoms with Crippen LogP contribution in [0.3, 0.4) is 0 Å². The number of aromatic nitrogens is 4. The highest BCUT2D eigenvalue weighted by atomic mass is 19.1. The molecule has 0 saturated heterocycles. The van der Waals surface area contributed by atoms with Crippen molar-refractivity contribution in [2.24, 2.45) is 7.05 Å². The molecule has 0 saturated carbocycles. The van der Waals surface area contributed by atoms with Crippen molar-refractivity contribution < 1.29 is 9.18 Å². The van der Waals surface area contributed by atoms with E-state index in [1.165, 1.54) is 12.3 Å². The molecule has 1 N–H and O–H groups in total. The van der Waals surface area contributed by atoms with Crippen LogP contribution in [0.15, 0.2) is 67.1 Å². The van der Waals surface area contributed by atoms with E-state index in [2.05, 4.69) is 20.3 Å². The average Bonchev–Trinajstić information content (AvgIpc) is 3.12. The van der Waals surface area contributed by atoms with E-state index in [1.54, 1.807) is 48.3 Å². The highest BCUT2D eigenvalue weighted by Gasteiger charge is 2.24. The number of benzene rings is 2. The molecule has 4 aromatic rings. The van der Waals surface area contributed by atoms with Crippen molar-refractivity contribution >= 4 is 16.9 Å². The van der Waals surface area contributed by atoms with Gasteiger partial charge in [0.25, 0.3) is 5.91 Å². The van der Waals surface area contributed by atoms with Crippen LogP contribution in [-0.4, -0.2) is 25.4 Å². The Morgan fingerprint density at radius 3 is 2.56 bits per heavy atom. The molecule has 0 fully saturated rings. The number of hydrogen-bond acceptors (Lipinski definition) is 4. The summed E-state index contributed by atoms with van der Waals surface area (Å²) in [6.45, 7) is 0. The van der Waals surface area contributed by atoms with Gasteiger partial charge in [0.2, 0.25) is 0 Å². The van der Waals surface area contributed by atoms with Crippen LogP contribution in [-0.2, 0) is 7.05 Å². The van der Waals surface area contributed by atoms with Crippen molar-refractivity contribution in [3.05, 3.63) is 90.0 Å². The third kappa shape index (κ3) is 3.27. The largest absolute Gasteiger partial charge is 0.336 e. The van der Waals surface area contributed by atoms with Crippen LogP contribution in [0, 0.1) is 5.82 Å². The Hall–Kier alpha value is -3.61. The molecular formula is C20H16FN5O. The number of carbonyl (C=O) groups excluding carboxylic acids is 1. The van der Waals surface area contributed by atoms with Crippen molar-refractivity contribution in [2.75, 3.05) is 0 Å². The molecule has 6 nitrogen and oxygen atoms in total. The van der Waals surface area contributed by atoms with Crippen molar-refractivity contribution in [3.8, 4) is 0 Å². The normalized spacial score (nSPS) is 12.1. The predicted octanol–water partition coefficient (Wildman–Crippen LogP) is 3.02. The predicted molar refractivity (Wildman–Crippen MR) is 98.5 cm³/mol. The Balaban J connectivity index is 1.71. The van der Waals surface area contributed by atoms with Crippen LogP contribution in [0.5, 0.6) is 0 Å². The lowest BCUT2D eigenvalue weighted by Crippen LogP contribution is -2.32. The molecule has 1 atom stereocenters. The van der Waals surface area contributed by atoms with E-state index in [0.717, 1.165) is 0 Å². The number of aryl methyl sites for hydroxylation is 1. The minimum atomic E-state index is -0.757. The van der Waals surface area contributed by atoms with Crippen molar-refractivity contribution in [2.45, 2.75) is 6.04 Å². The molecule has 0 aliphatic heterocycles. The lowest BCUT2D eigenvalue weighted by atomic mass is 10.1. The summed E-state index contributed by atoms with van der Waals surface area (Å²) >= 11 is 0. The van der Waals surface area contributed by atoms with E-state index in [1.807, 2.05) is 18.2 Å². The van der Waals surface area contributed by atoms with Gasteiger partial charge in [-0.05, 0) is 18.2 Å². The second kappa shape index (κ2) is 6.95. The van der Waals surface area contributed by atoms with Gasteiger partial charge >= 0.3 is 0 Å². The summed E-state index contributed by atoms with van der Waals surface area (Å²) in [5.41, 5.74) is 1.80. The second-order valence-corrected chi connectivity index (χ2v) is 6.07. The Bertz CT molecular complexity index is 1120. The van der Waals surface area contributed by atoms with E-state index in [9.17, 15) is 9.18 Å². The van der Waals surface area contributed by atoms with Crippen molar-refractivity contribution in [1.82, 2.24) is 24.8 Å². The summed E-state index contributed by atoms with van der Waals surface area (Å²) in [7, 11) is 1.79. The van der Waals surface area contributed by atoms with Crippen LogP contribution in [0.4, 0.5) is 4.39 Å². The molecule has 0 radical (unpaired) electrons. The van der Waals surface area contributed by atoms with Gasteiger partial charge in [0, 0.05) is 25.0 Å². The smallest absolute Gasteiger partial charge is 0.272 e. The molecule has 2 aromatic carbocycles. The summed E-state index contributed by atoms with van der Waals surface area (Å²) in [5, 5.41) is 2.83. The van der Waals surface area contributed by atoms with Gasteiger partial charge in [0.05, 0.1) is 17.2 Å². The molecular weight excluding hydrogens is 345 g/mol. The van der Waals surface area contributed by atoms with Crippen molar-refractivity contribution in [1.29, 1.82) is 0 Å². The molecule has 0 spiro atoms. The zero-order chi connectivity index (χ0) is 18.8. The molecule has 27 heavy (non-hydrogen) atoms. The maximum atomic E-state index is 14.4. The monoisotopic (exact) mass is 361 g/mol. The maximum absolute atomic E-state index is 14.4. The number of fused-ring (bicyclic) bond motifs is 1. The van der Waals surface area contributed by atoms with Crippen LogP contribution >= 0.6 is 0 Å². The molecule has 0 aliphatic rings. The first-order chi connectivity index (χ1) is 13.1. The Kier molecular flexibility index (Phi) is 4.33. The molecule has 2 aromatic heterocycles. The lowest BCUT2D eigenvalue weighted by molar-refractivity contribution is 0.0935. The van der Waals surface area contributed by atoms with Gasteiger partial charge in [0.15, 0.2) is 0 Å². The molecule has 7 heteroatoms. The van der Waals surface area contributed by atoms with E-state index in [4.69, 9.17) is 0 Å². The highest BCUT2D eigenvalue weighted by Crippen LogP contribution is 2.23. The van der Waals surface area contributed by atoms with Crippen LogP contribution in [0.25, 0.3) is 11.0 Å². The fraction of sp³-hybridized carbons (Fsp3) is 0.100. The summed E-state index contributed by atoms with van der Waals surface area (Å²) in [4.78, 5) is 25.7. The van der Waals surface area contributed by atoms with Crippen molar-refractivity contribution in [3.63, 3.8) is 0 Å². The quantitative estimate of drug-likeness (QED) is 0.606. The minimum absolute atomic E-state index is 0.157. The van der Waals surface area contributed by atoms with E-state index in [0.29, 0.717) is 22.4 Å². The maximum Gasteiger partial charge on any atom is 0.272 e. The van der Waals surface area contributed by atoms with Gasteiger partial charge in [-0.25, -0.2) is 14.4 Å². The average molecular weight is 361 g/mol. The van der Waals surface area contributed by atoms with E-state index >= 15 is 0 Å². The van der Waals surface area contributed by atoms with Crippen LogP contribution in [0.1, 0.15) is 27.9 Å². The summed E-state index contributed by atoms with van der Waals surface area (Å²) < 4.78 is 16.1. The number of nitrogens with one attached hydrogen (secondary N) is 1. The highest BCUT2D eigenvalue weighted by molar-refractivity contribution is 5.94. The SMILES string of the molecule is Cn1ccnc1[C@@H](NC(=O)c1cnc2ccccc2n1)c1ccccc1F. The third-order valence-electron chi connectivity index (χ3n) is 4.29. The number of amides is 1. The number of nitrogens with zero attached hydrogens (tertiary/aromatic N) is 4. The zero-order valence-electron chi connectivity index (χ0n) is 14.5. The van der Waals surface area contributed by atoms with Gasteiger partial charge in [-0.1, -0.05) is 30.3 Å². The van der Waals surface area contributed by atoms with E-state index < -0.39 is 17.8 Å². The summed E-state index contributed by atoms with van der Waals surface area (Å²) in [6.07, 6.45) is 4.75. The summed E-state index contributed by atoms with van der Waals surface area (Å²) in [6, 6.07) is 12.8. The number of rotatable bonds is 4. The van der Waals surface area contributed by atoms with Crippen LogP contribution < -0.4 is 5.32 Å². The Morgan fingerprint density at radius 2 is 1.81 bits per heavy atom. The fourth-order valence-electron chi connectivity index (χ4n) is 2.92. The third-order valence-corrected chi connectivity index (χ3v) is 4.29. The first-order valence-corrected chi connectivity index (χ1v) is 8.38. The van der Waals surface area contributed by atoms with Gasteiger partial charge in [-0.2, -0.15) is 0 Å². The molecule has 0 aliphatic carbocycles. The number of halogens is 1. The number of hydrogen-bond donors (Lipinski definition) is 1. The summed E-state index contributed by atoms with van der Waals surface area (Å²) in [5.74, 6) is -0.359. The number of para-hydroxylation sites is 2. The zero-order valence-corrected chi connectivity index (χ0v) is 14.5. The first kappa shape index (κ1) is 16.8. The van der Waals surface area contributed by atoms with Gasteiger partial charge < -0.3 is 9.88 Å². The Labute approximate surface area is 154 Å². The van der Waals surface area contributed by atoms with Gasteiger partial charge in [-0.3, -0.25) is 9.78 Å². The molecule has 0 unspecified atom stereocenters. The fourth-order valence-corrected chi connectivity index (χ4v) is 2.92. The second-order valence-electron chi connectivity index (χ2n) is 6.07. The van der Waals surface area contributed by atoms with E-state index in [-0.39, 0.29) is 5.69 Å². The Morgan fingerprint density at radius 1 is 1.07 bits per heavy atom. The molecule has 134 valence electrons. The topological polar surface area (TPSA) is 72.7 Å². The lowest BCUT2D eigenvalue weighted by Gasteiger charge is -2.19. The van der Waals surface area contributed by atoms with Gasteiger partial charge in [-0.15, -0.1) is 0 Å². The molecule has 4 rings (SSSR count). The number of imidazole rings is 1. The number of carbonyl (C=O) groups is 1.